The van der Waals surface area contributed by atoms with E-state index in [4.69, 9.17) is 4.74 Å². The monoisotopic (exact) mass is 459 g/mol. The first kappa shape index (κ1) is 23.7. The summed E-state index contributed by atoms with van der Waals surface area (Å²) < 4.78 is 33.1. The maximum atomic E-state index is 13.0. The first-order chi connectivity index (χ1) is 15.2. The minimum absolute atomic E-state index is 0.189. The number of ether oxygens (including phenoxy) is 1. The number of hydrogen-bond donors (Lipinski definition) is 2. The SMILES string of the molecule is COCCNC(=O)C1CCCN1C(=O)c1ccc(NS(=O)(=O)c2cc(C)ccc2C)cc1. The number of benzene rings is 2. The standard InChI is InChI=1S/C23H29N3O5S/c1-16-6-7-17(2)21(15-16)32(29,30)25-19-10-8-18(9-11-19)23(28)26-13-4-5-20(26)22(27)24-12-14-31-3/h6-11,15,20,25H,4-5,12-14H2,1-3H3,(H,24,27). The van der Waals surface area contributed by atoms with Gasteiger partial charge in [-0.2, -0.15) is 0 Å². The number of rotatable bonds is 8. The number of nitrogens with zero attached hydrogens (tertiary/aromatic N) is 1. The predicted molar refractivity (Wildman–Crippen MR) is 122 cm³/mol. The van der Waals surface area contributed by atoms with Gasteiger partial charge in [-0.3, -0.25) is 14.3 Å². The molecule has 8 nitrogen and oxygen atoms in total. The summed E-state index contributed by atoms with van der Waals surface area (Å²) in [6.07, 6.45) is 1.36. The van der Waals surface area contributed by atoms with Gasteiger partial charge in [0.05, 0.1) is 11.5 Å². The van der Waals surface area contributed by atoms with Crippen molar-refractivity contribution in [2.45, 2.75) is 37.6 Å². The summed E-state index contributed by atoms with van der Waals surface area (Å²) in [6, 6.07) is 11.0. The molecule has 0 bridgehead atoms. The third-order valence-corrected chi connectivity index (χ3v) is 6.96. The number of amides is 2. The Hall–Kier alpha value is -2.91. The van der Waals surface area contributed by atoms with Gasteiger partial charge >= 0.3 is 0 Å². The lowest BCUT2D eigenvalue weighted by molar-refractivity contribution is -0.125. The van der Waals surface area contributed by atoms with Crippen LogP contribution in [0.25, 0.3) is 0 Å². The topological polar surface area (TPSA) is 105 Å². The van der Waals surface area contributed by atoms with Gasteiger partial charge < -0.3 is 15.0 Å². The Morgan fingerprint density at radius 1 is 1.12 bits per heavy atom. The average molecular weight is 460 g/mol. The molecule has 0 spiro atoms. The normalized spacial score (nSPS) is 16.1. The van der Waals surface area contributed by atoms with E-state index in [0.29, 0.717) is 42.9 Å². The molecule has 172 valence electrons. The smallest absolute Gasteiger partial charge is 0.262 e. The van der Waals surface area contributed by atoms with Gasteiger partial charge in [-0.15, -0.1) is 0 Å². The minimum atomic E-state index is -3.75. The van der Waals surface area contributed by atoms with Crippen LogP contribution in [0.5, 0.6) is 0 Å². The highest BCUT2D eigenvalue weighted by atomic mass is 32.2. The first-order valence-electron chi connectivity index (χ1n) is 10.5. The molecule has 1 atom stereocenters. The summed E-state index contributed by atoms with van der Waals surface area (Å²) in [5.41, 5.74) is 2.26. The quantitative estimate of drug-likeness (QED) is 0.590. The van der Waals surface area contributed by atoms with Crippen molar-refractivity contribution in [1.82, 2.24) is 10.2 Å². The molecule has 0 aliphatic carbocycles. The van der Waals surface area contributed by atoms with Crippen LogP contribution in [0.3, 0.4) is 0 Å². The number of methoxy groups -OCH3 is 1. The number of likely N-dealkylation sites (tertiary alicyclic amines) is 1. The lowest BCUT2D eigenvalue weighted by atomic mass is 10.1. The third kappa shape index (κ3) is 5.46. The van der Waals surface area contributed by atoms with E-state index < -0.39 is 16.1 Å². The van der Waals surface area contributed by atoms with Crippen molar-refractivity contribution < 1.29 is 22.7 Å². The van der Waals surface area contributed by atoms with Crippen molar-refractivity contribution >= 4 is 27.5 Å². The van der Waals surface area contributed by atoms with Crippen LogP contribution in [0.2, 0.25) is 0 Å². The zero-order valence-electron chi connectivity index (χ0n) is 18.6. The number of anilines is 1. The largest absolute Gasteiger partial charge is 0.383 e. The molecule has 2 amide bonds. The number of carbonyl (C=O) groups is 2. The molecule has 3 rings (SSSR count). The van der Waals surface area contributed by atoms with Gasteiger partial charge in [0, 0.05) is 31.5 Å². The van der Waals surface area contributed by atoms with Gasteiger partial charge in [0.15, 0.2) is 0 Å². The lowest BCUT2D eigenvalue weighted by Gasteiger charge is -2.24. The molecule has 2 aromatic rings. The number of sulfonamides is 1. The summed E-state index contributed by atoms with van der Waals surface area (Å²) in [5.74, 6) is -0.441. The molecule has 32 heavy (non-hydrogen) atoms. The van der Waals surface area contributed by atoms with E-state index in [2.05, 4.69) is 10.0 Å². The van der Waals surface area contributed by atoms with E-state index in [9.17, 15) is 18.0 Å². The van der Waals surface area contributed by atoms with Crippen LogP contribution in [0, 0.1) is 13.8 Å². The zero-order valence-corrected chi connectivity index (χ0v) is 19.4. The number of carbonyl (C=O) groups excluding carboxylic acids is 2. The maximum absolute atomic E-state index is 13.0. The molecular formula is C23H29N3O5S. The van der Waals surface area contributed by atoms with Gasteiger partial charge in [0.25, 0.3) is 15.9 Å². The van der Waals surface area contributed by atoms with Crippen molar-refractivity contribution in [2.24, 2.45) is 0 Å². The highest BCUT2D eigenvalue weighted by Crippen LogP contribution is 2.23. The second-order valence-electron chi connectivity index (χ2n) is 7.89. The fraction of sp³-hybridized carbons (Fsp3) is 0.391. The number of nitrogens with one attached hydrogen (secondary N) is 2. The molecule has 0 radical (unpaired) electrons. The van der Waals surface area contributed by atoms with Crippen LogP contribution in [0.4, 0.5) is 5.69 Å². The van der Waals surface area contributed by atoms with Crippen molar-refractivity contribution in [3.63, 3.8) is 0 Å². The zero-order chi connectivity index (χ0) is 23.3. The molecule has 1 fully saturated rings. The van der Waals surface area contributed by atoms with Gasteiger partial charge in [0.1, 0.15) is 6.04 Å². The summed E-state index contributed by atoms with van der Waals surface area (Å²) in [5, 5.41) is 2.79. The molecule has 1 heterocycles. The van der Waals surface area contributed by atoms with Crippen molar-refractivity contribution in [2.75, 3.05) is 31.5 Å². The highest BCUT2D eigenvalue weighted by molar-refractivity contribution is 7.92. The van der Waals surface area contributed by atoms with Gasteiger partial charge in [-0.05, 0) is 68.1 Å². The third-order valence-electron chi connectivity index (χ3n) is 5.44. The van der Waals surface area contributed by atoms with Crippen LogP contribution < -0.4 is 10.0 Å². The Bertz CT molecular complexity index is 1080. The minimum Gasteiger partial charge on any atom is -0.383 e. The Labute approximate surface area is 189 Å². The molecule has 2 N–H and O–H groups in total. The Morgan fingerprint density at radius 3 is 2.53 bits per heavy atom. The van der Waals surface area contributed by atoms with Crippen molar-refractivity contribution in [3.05, 3.63) is 59.2 Å². The van der Waals surface area contributed by atoms with Crippen LogP contribution in [-0.2, 0) is 19.6 Å². The van der Waals surface area contributed by atoms with E-state index in [1.54, 1.807) is 55.3 Å². The molecule has 0 aromatic heterocycles. The average Bonchev–Trinajstić information content (AvgIpc) is 3.25. The molecule has 0 saturated carbocycles. The Morgan fingerprint density at radius 2 is 1.84 bits per heavy atom. The molecular weight excluding hydrogens is 430 g/mol. The first-order valence-corrected chi connectivity index (χ1v) is 12.0. The van der Waals surface area contributed by atoms with Crippen LogP contribution in [-0.4, -0.2) is 58.0 Å². The van der Waals surface area contributed by atoms with Gasteiger partial charge in [-0.1, -0.05) is 12.1 Å². The van der Waals surface area contributed by atoms with Gasteiger partial charge in [-0.25, -0.2) is 8.42 Å². The van der Waals surface area contributed by atoms with E-state index in [1.807, 2.05) is 13.0 Å². The summed E-state index contributed by atoms with van der Waals surface area (Å²) in [6.45, 7) is 4.88. The molecule has 1 aliphatic rings. The van der Waals surface area contributed by atoms with E-state index >= 15 is 0 Å². The maximum Gasteiger partial charge on any atom is 0.262 e. The summed E-state index contributed by atoms with van der Waals surface area (Å²) in [4.78, 5) is 27.2. The lowest BCUT2D eigenvalue weighted by Crippen LogP contribution is -2.46. The molecule has 9 heteroatoms. The van der Waals surface area contributed by atoms with Crippen molar-refractivity contribution in [3.8, 4) is 0 Å². The fourth-order valence-corrected chi connectivity index (χ4v) is 5.12. The van der Waals surface area contributed by atoms with E-state index in [-0.39, 0.29) is 16.7 Å². The Kier molecular flexibility index (Phi) is 7.52. The molecule has 1 saturated heterocycles. The second-order valence-corrected chi connectivity index (χ2v) is 9.54. The van der Waals surface area contributed by atoms with E-state index in [0.717, 1.165) is 12.0 Å². The van der Waals surface area contributed by atoms with Gasteiger partial charge in [0.2, 0.25) is 5.91 Å². The predicted octanol–water partition coefficient (Wildman–Crippen LogP) is 2.47. The summed E-state index contributed by atoms with van der Waals surface area (Å²) in [7, 11) is -2.20. The Balaban J connectivity index is 1.70. The molecule has 1 aliphatic heterocycles. The van der Waals surface area contributed by atoms with Crippen LogP contribution in [0.15, 0.2) is 47.4 Å². The second kappa shape index (κ2) is 10.1. The van der Waals surface area contributed by atoms with Crippen molar-refractivity contribution in [1.29, 1.82) is 0 Å². The molecule has 1 unspecified atom stereocenters. The van der Waals surface area contributed by atoms with Crippen LogP contribution in [0.1, 0.15) is 34.3 Å². The van der Waals surface area contributed by atoms with Crippen LogP contribution >= 0.6 is 0 Å². The highest BCUT2D eigenvalue weighted by Gasteiger charge is 2.34. The number of hydrogen-bond acceptors (Lipinski definition) is 5. The van der Waals surface area contributed by atoms with E-state index in [1.165, 1.54) is 0 Å². The summed E-state index contributed by atoms with van der Waals surface area (Å²) >= 11 is 0. The number of aryl methyl sites for hydroxylation is 2. The fourth-order valence-electron chi connectivity index (χ4n) is 3.73. The molecule has 2 aromatic carbocycles.